The van der Waals surface area contributed by atoms with Crippen LogP contribution in [0.5, 0.6) is 0 Å². The fourth-order valence-corrected chi connectivity index (χ4v) is 1.30. The highest BCUT2D eigenvalue weighted by molar-refractivity contribution is 5.68. The third-order valence-corrected chi connectivity index (χ3v) is 2.04. The Bertz CT molecular complexity index is 256. The number of carbonyl (C=O) groups is 1. The molecule has 0 heterocycles. The predicted octanol–water partition coefficient (Wildman–Crippen LogP) is 2.65. The summed E-state index contributed by atoms with van der Waals surface area (Å²) in [6.45, 7) is 4.14. The van der Waals surface area contributed by atoms with E-state index in [4.69, 9.17) is 0 Å². The van der Waals surface area contributed by atoms with Gasteiger partial charge in [0.2, 0.25) is 0 Å². The topological polar surface area (TPSA) is 17.1 Å². The van der Waals surface area contributed by atoms with Crippen molar-refractivity contribution in [3.8, 4) is 0 Å². The van der Waals surface area contributed by atoms with Crippen molar-refractivity contribution in [2.24, 2.45) is 5.92 Å². The van der Waals surface area contributed by atoms with E-state index in [0.29, 0.717) is 5.92 Å². The average Bonchev–Trinajstić information content (AvgIpc) is 2.05. The van der Waals surface area contributed by atoms with Crippen molar-refractivity contribution in [3.05, 3.63) is 35.5 Å². The fourth-order valence-electron chi connectivity index (χ4n) is 1.30. The van der Waals surface area contributed by atoms with Crippen LogP contribution in [0.25, 0.3) is 0 Å². The molecule has 0 amide bonds. The molecular formula is C11H14O. The Balaban J connectivity index is 2.81. The van der Waals surface area contributed by atoms with Gasteiger partial charge in [0, 0.05) is 0 Å². The molecule has 0 bridgehead atoms. The molecule has 0 fully saturated rings. The molecule has 0 saturated carbocycles. The van der Waals surface area contributed by atoms with E-state index in [1.807, 2.05) is 6.92 Å². The zero-order valence-electron chi connectivity index (χ0n) is 7.58. The summed E-state index contributed by atoms with van der Waals surface area (Å²) < 4.78 is 0. The molecular weight excluding hydrogens is 148 g/mol. The van der Waals surface area contributed by atoms with Gasteiger partial charge in [0.15, 0.2) is 0 Å². The Morgan fingerprint density at radius 3 is 3.00 bits per heavy atom. The molecule has 1 heteroatoms. The first kappa shape index (κ1) is 8.98. The van der Waals surface area contributed by atoms with E-state index in [2.05, 4.69) is 25.2 Å². The number of hydrogen-bond acceptors (Lipinski definition) is 1. The average molecular weight is 162 g/mol. The first-order chi connectivity index (χ1) is 5.74. The van der Waals surface area contributed by atoms with Crippen molar-refractivity contribution in [2.45, 2.75) is 20.3 Å². The van der Waals surface area contributed by atoms with Gasteiger partial charge in [-0.1, -0.05) is 25.2 Å². The standard InChI is InChI=1S/C11H14O/c1-9-4-3-5-11(8-9)10(2)6-7-12/h3,5-9H,4H2,1-2H3/b10-6+. The minimum absolute atomic E-state index is 0.597. The van der Waals surface area contributed by atoms with Crippen molar-refractivity contribution in [2.75, 3.05) is 0 Å². The maximum absolute atomic E-state index is 10.2. The molecule has 0 N–H and O–H groups in total. The molecule has 0 aromatic heterocycles. The van der Waals surface area contributed by atoms with Crippen molar-refractivity contribution in [1.82, 2.24) is 0 Å². The quantitative estimate of drug-likeness (QED) is 0.450. The minimum atomic E-state index is 0.597. The molecule has 0 aromatic rings. The molecule has 1 aliphatic carbocycles. The van der Waals surface area contributed by atoms with Crippen LogP contribution in [0.4, 0.5) is 0 Å². The lowest BCUT2D eigenvalue weighted by atomic mass is 9.94. The first-order valence-corrected chi connectivity index (χ1v) is 4.25. The molecule has 1 rings (SSSR count). The zero-order chi connectivity index (χ0) is 8.97. The molecule has 1 atom stereocenters. The van der Waals surface area contributed by atoms with Crippen LogP contribution in [-0.4, -0.2) is 6.29 Å². The Morgan fingerprint density at radius 1 is 1.67 bits per heavy atom. The molecule has 0 radical (unpaired) electrons. The van der Waals surface area contributed by atoms with Crippen molar-refractivity contribution in [3.63, 3.8) is 0 Å². The molecule has 0 aromatic carbocycles. The van der Waals surface area contributed by atoms with Gasteiger partial charge in [0.1, 0.15) is 6.29 Å². The molecule has 12 heavy (non-hydrogen) atoms. The summed E-state index contributed by atoms with van der Waals surface area (Å²) >= 11 is 0. The summed E-state index contributed by atoms with van der Waals surface area (Å²) in [6.07, 6.45) is 9.99. The summed E-state index contributed by atoms with van der Waals surface area (Å²) in [4.78, 5) is 10.2. The maximum atomic E-state index is 10.2. The van der Waals surface area contributed by atoms with E-state index in [-0.39, 0.29) is 0 Å². The Morgan fingerprint density at radius 2 is 2.42 bits per heavy atom. The number of carbonyl (C=O) groups excluding carboxylic acids is 1. The minimum Gasteiger partial charge on any atom is -0.299 e. The fraction of sp³-hybridized carbons (Fsp3) is 0.364. The van der Waals surface area contributed by atoms with Crippen LogP contribution < -0.4 is 0 Å². The molecule has 0 saturated heterocycles. The van der Waals surface area contributed by atoms with E-state index in [1.165, 1.54) is 5.57 Å². The largest absolute Gasteiger partial charge is 0.299 e. The lowest BCUT2D eigenvalue weighted by molar-refractivity contribution is -0.104. The van der Waals surface area contributed by atoms with Gasteiger partial charge in [0.05, 0.1) is 0 Å². The van der Waals surface area contributed by atoms with Gasteiger partial charge in [0.25, 0.3) is 0 Å². The molecule has 0 aliphatic heterocycles. The Hall–Kier alpha value is -1.11. The Kier molecular flexibility index (Phi) is 3.03. The van der Waals surface area contributed by atoms with E-state index < -0.39 is 0 Å². The number of rotatable bonds is 2. The third-order valence-electron chi connectivity index (χ3n) is 2.04. The highest BCUT2D eigenvalue weighted by Gasteiger charge is 2.04. The van der Waals surface area contributed by atoms with E-state index >= 15 is 0 Å². The number of aldehydes is 1. The number of allylic oxidation sites excluding steroid dienone is 6. The van der Waals surface area contributed by atoms with E-state index in [9.17, 15) is 4.79 Å². The third kappa shape index (κ3) is 2.19. The lowest BCUT2D eigenvalue weighted by Crippen LogP contribution is -1.96. The van der Waals surface area contributed by atoms with Crippen LogP contribution in [-0.2, 0) is 4.79 Å². The highest BCUT2D eigenvalue weighted by atomic mass is 16.1. The number of hydrogen-bond donors (Lipinski definition) is 0. The molecule has 1 nitrogen and oxygen atoms in total. The Labute approximate surface area is 73.5 Å². The normalized spacial score (nSPS) is 23.7. The van der Waals surface area contributed by atoms with Crippen molar-refractivity contribution in [1.29, 1.82) is 0 Å². The van der Waals surface area contributed by atoms with Gasteiger partial charge in [-0.2, -0.15) is 0 Å². The van der Waals surface area contributed by atoms with Crippen LogP contribution in [0.1, 0.15) is 20.3 Å². The second-order valence-corrected chi connectivity index (χ2v) is 3.22. The first-order valence-electron chi connectivity index (χ1n) is 4.25. The summed E-state index contributed by atoms with van der Waals surface area (Å²) in [7, 11) is 0. The summed E-state index contributed by atoms with van der Waals surface area (Å²) in [5.41, 5.74) is 2.23. The zero-order valence-corrected chi connectivity index (χ0v) is 7.58. The summed E-state index contributed by atoms with van der Waals surface area (Å²) in [5.74, 6) is 0.597. The van der Waals surface area contributed by atoms with Crippen molar-refractivity contribution < 1.29 is 4.79 Å². The smallest absolute Gasteiger partial charge is 0.143 e. The predicted molar refractivity (Wildman–Crippen MR) is 50.8 cm³/mol. The second-order valence-electron chi connectivity index (χ2n) is 3.22. The van der Waals surface area contributed by atoms with Gasteiger partial charge < -0.3 is 0 Å². The van der Waals surface area contributed by atoms with Gasteiger partial charge in [-0.15, -0.1) is 0 Å². The SMILES string of the molecule is C/C(=C\C=O)C1=CC(C)CC=C1. The summed E-state index contributed by atoms with van der Waals surface area (Å²) in [5, 5.41) is 0. The van der Waals surface area contributed by atoms with Crippen LogP contribution in [0, 0.1) is 5.92 Å². The van der Waals surface area contributed by atoms with Crippen LogP contribution >= 0.6 is 0 Å². The van der Waals surface area contributed by atoms with Gasteiger partial charge >= 0.3 is 0 Å². The van der Waals surface area contributed by atoms with E-state index in [1.54, 1.807) is 6.08 Å². The maximum Gasteiger partial charge on any atom is 0.143 e. The van der Waals surface area contributed by atoms with Crippen LogP contribution in [0.3, 0.4) is 0 Å². The van der Waals surface area contributed by atoms with Gasteiger partial charge in [-0.05, 0) is 36.5 Å². The second kappa shape index (κ2) is 4.05. The van der Waals surface area contributed by atoms with Crippen molar-refractivity contribution >= 4 is 6.29 Å². The van der Waals surface area contributed by atoms with Gasteiger partial charge in [-0.3, -0.25) is 4.79 Å². The molecule has 1 unspecified atom stereocenters. The highest BCUT2D eigenvalue weighted by Crippen LogP contribution is 2.20. The van der Waals surface area contributed by atoms with Crippen LogP contribution in [0.2, 0.25) is 0 Å². The molecule has 64 valence electrons. The monoisotopic (exact) mass is 162 g/mol. The molecule has 0 spiro atoms. The van der Waals surface area contributed by atoms with E-state index in [0.717, 1.165) is 18.3 Å². The van der Waals surface area contributed by atoms with Crippen LogP contribution in [0.15, 0.2) is 35.5 Å². The lowest BCUT2D eigenvalue weighted by Gasteiger charge is -2.11. The summed E-state index contributed by atoms with van der Waals surface area (Å²) in [6, 6.07) is 0. The van der Waals surface area contributed by atoms with Gasteiger partial charge in [-0.25, -0.2) is 0 Å². The molecule has 1 aliphatic rings.